The molecule has 1 N–H and O–H groups in total. The summed E-state index contributed by atoms with van der Waals surface area (Å²) in [6.07, 6.45) is 4.24. The lowest BCUT2D eigenvalue weighted by Crippen LogP contribution is -2.07. The van der Waals surface area contributed by atoms with Crippen molar-refractivity contribution in [3.05, 3.63) is 27.9 Å². The zero-order valence-electron chi connectivity index (χ0n) is 6.86. The summed E-state index contributed by atoms with van der Waals surface area (Å²) in [5.41, 5.74) is 3.96. The molecule has 0 atom stereocenters. The summed E-state index contributed by atoms with van der Waals surface area (Å²) in [6, 6.07) is 0. The highest BCUT2D eigenvalue weighted by molar-refractivity contribution is 5.77. The van der Waals surface area contributed by atoms with E-state index in [-0.39, 0.29) is 0 Å². The number of aromatic nitrogens is 1. The van der Waals surface area contributed by atoms with Crippen LogP contribution in [-0.4, -0.2) is 4.98 Å². The van der Waals surface area contributed by atoms with E-state index in [2.05, 4.69) is 37.6 Å². The van der Waals surface area contributed by atoms with Crippen molar-refractivity contribution in [2.75, 3.05) is 0 Å². The second-order valence-electron chi connectivity index (χ2n) is 3.03. The SMILES string of the molecule is C=c1[nH]c2c(c1C)C(C)=CC=2. The fourth-order valence-electron chi connectivity index (χ4n) is 1.60. The van der Waals surface area contributed by atoms with Crippen LogP contribution in [0.25, 0.3) is 18.2 Å². The molecule has 0 aromatic carbocycles. The molecule has 1 aliphatic carbocycles. The minimum Gasteiger partial charge on any atom is -0.355 e. The van der Waals surface area contributed by atoms with Crippen LogP contribution in [0.15, 0.2) is 6.08 Å². The van der Waals surface area contributed by atoms with E-state index in [0.29, 0.717) is 0 Å². The van der Waals surface area contributed by atoms with Crippen molar-refractivity contribution in [1.82, 2.24) is 4.98 Å². The Balaban J connectivity index is 2.91. The molecule has 0 saturated carbocycles. The van der Waals surface area contributed by atoms with Crippen LogP contribution < -0.4 is 10.7 Å². The largest absolute Gasteiger partial charge is 0.355 e. The Morgan fingerprint density at radius 2 is 2.00 bits per heavy atom. The van der Waals surface area contributed by atoms with E-state index in [0.717, 1.165) is 5.35 Å². The van der Waals surface area contributed by atoms with Crippen LogP contribution in [0, 0.1) is 6.92 Å². The number of rotatable bonds is 0. The van der Waals surface area contributed by atoms with Crippen LogP contribution >= 0.6 is 0 Å². The topological polar surface area (TPSA) is 15.8 Å². The third kappa shape index (κ3) is 0.709. The van der Waals surface area contributed by atoms with Crippen molar-refractivity contribution in [2.45, 2.75) is 13.8 Å². The van der Waals surface area contributed by atoms with Crippen LogP contribution in [0.2, 0.25) is 0 Å². The molecule has 0 saturated heterocycles. The van der Waals surface area contributed by atoms with E-state index < -0.39 is 0 Å². The molecule has 0 aliphatic heterocycles. The molecule has 0 amide bonds. The van der Waals surface area contributed by atoms with Crippen LogP contribution in [0.1, 0.15) is 18.1 Å². The van der Waals surface area contributed by atoms with E-state index in [1.807, 2.05) is 0 Å². The van der Waals surface area contributed by atoms with Gasteiger partial charge >= 0.3 is 0 Å². The molecule has 1 aromatic rings. The maximum absolute atomic E-state index is 3.92. The molecule has 0 fully saturated rings. The first-order chi connectivity index (χ1) is 5.20. The molecule has 1 heteroatoms. The lowest BCUT2D eigenvalue weighted by atomic mass is 10.1. The van der Waals surface area contributed by atoms with Crippen molar-refractivity contribution in [3.63, 3.8) is 0 Å². The Hall–Kier alpha value is -1.24. The lowest BCUT2D eigenvalue weighted by molar-refractivity contribution is 1.26. The molecule has 1 heterocycles. The zero-order chi connectivity index (χ0) is 8.01. The van der Waals surface area contributed by atoms with Gasteiger partial charge in [0.05, 0.1) is 0 Å². The van der Waals surface area contributed by atoms with E-state index >= 15 is 0 Å². The van der Waals surface area contributed by atoms with Crippen molar-refractivity contribution in [2.24, 2.45) is 0 Å². The number of hydrogen-bond donors (Lipinski definition) is 1. The predicted octanol–water partition coefficient (Wildman–Crippen LogP) is 0.931. The normalized spacial score (nSPS) is 14.2. The number of H-pyrrole nitrogens is 1. The number of nitrogens with one attached hydrogen (secondary N) is 1. The molecule has 0 unspecified atom stereocenters. The predicted molar refractivity (Wildman–Crippen MR) is 48.4 cm³/mol. The fraction of sp³-hybridized carbons (Fsp3) is 0.200. The van der Waals surface area contributed by atoms with Gasteiger partial charge in [-0.2, -0.15) is 0 Å². The summed E-state index contributed by atoms with van der Waals surface area (Å²) in [4.78, 5) is 3.24. The molecular weight excluding hydrogens is 134 g/mol. The number of fused-ring (bicyclic) bond motifs is 1. The van der Waals surface area contributed by atoms with Gasteiger partial charge in [-0.25, -0.2) is 0 Å². The highest BCUT2D eigenvalue weighted by Gasteiger charge is 2.08. The van der Waals surface area contributed by atoms with Crippen molar-refractivity contribution in [3.8, 4) is 0 Å². The first-order valence-corrected chi connectivity index (χ1v) is 3.76. The summed E-state index contributed by atoms with van der Waals surface area (Å²) in [7, 11) is 0. The zero-order valence-corrected chi connectivity index (χ0v) is 6.86. The van der Waals surface area contributed by atoms with Gasteiger partial charge in [-0.05, 0) is 31.1 Å². The van der Waals surface area contributed by atoms with Gasteiger partial charge in [0.1, 0.15) is 0 Å². The van der Waals surface area contributed by atoms with Crippen molar-refractivity contribution < 1.29 is 0 Å². The van der Waals surface area contributed by atoms with Gasteiger partial charge in [0, 0.05) is 16.3 Å². The molecule has 0 radical (unpaired) electrons. The smallest absolute Gasteiger partial charge is 0.0464 e. The first-order valence-electron chi connectivity index (χ1n) is 3.76. The van der Waals surface area contributed by atoms with Crippen molar-refractivity contribution >= 4 is 18.2 Å². The van der Waals surface area contributed by atoms with Crippen LogP contribution in [0.4, 0.5) is 0 Å². The standard InChI is InChI=1S/C10H11N/c1-6-4-5-9-10(6)7(2)8(3)11-9/h4-5,11H,3H2,1-2H3. The van der Waals surface area contributed by atoms with Crippen LogP contribution in [0.3, 0.4) is 0 Å². The quantitative estimate of drug-likeness (QED) is 0.559. The molecule has 2 rings (SSSR count). The monoisotopic (exact) mass is 145 g/mol. The first kappa shape index (κ1) is 6.47. The molecule has 1 aliphatic rings. The van der Waals surface area contributed by atoms with Gasteiger partial charge in [-0.15, -0.1) is 0 Å². The van der Waals surface area contributed by atoms with Gasteiger partial charge in [0.15, 0.2) is 0 Å². The van der Waals surface area contributed by atoms with E-state index in [1.165, 1.54) is 22.0 Å². The number of aromatic amines is 1. The highest BCUT2D eigenvalue weighted by Crippen LogP contribution is 2.14. The molecule has 0 spiro atoms. The number of allylic oxidation sites excluding steroid dienone is 2. The summed E-state index contributed by atoms with van der Waals surface area (Å²) in [6.45, 7) is 8.15. The lowest BCUT2D eigenvalue weighted by Gasteiger charge is -1.93. The van der Waals surface area contributed by atoms with E-state index in [9.17, 15) is 0 Å². The second-order valence-corrected chi connectivity index (χ2v) is 3.03. The summed E-state index contributed by atoms with van der Waals surface area (Å²) in [5.74, 6) is 0. The van der Waals surface area contributed by atoms with Gasteiger partial charge in [-0.1, -0.05) is 12.7 Å². The molecule has 1 aromatic heterocycles. The summed E-state index contributed by atoms with van der Waals surface area (Å²) < 4.78 is 0. The van der Waals surface area contributed by atoms with Crippen LogP contribution in [-0.2, 0) is 0 Å². The average Bonchev–Trinajstić information content (AvgIpc) is 2.41. The summed E-state index contributed by atoms with van der Waals surface area (Å²) in [5, 5.41) is 2.25. The molecule has 11 heavy (non-hydrogen) atoms. The molecular formula is C10H11N. The van der Waals surface area contributed by atoms with Gasteiger partial charge < -0.3 is 4.98 Å². The second kappa shape index (κ2) is 1.88. The van der Waals surface area contributed by atoms with Gasteiger partial charge in [0.25, 0.3) is 0 Å². The minimum atomic E-state index is 1.04. The third-order valence-corrected chi connectivity index (χ3v) is 2.28. The van der Waals surface area contributed by atoms with E-state index in [1.54, 1.807) is 0 Å². The van der Waals surface area contributed by atoms with Crippen molar-refractivity contribution in [1.29, 1.82) is 0 Å². The Bertz CT molecular complexity index is 432. The maximum atomic E-state index is 3.92. The molecule has 0 bridgehead atoms. The summed E-state index contributed by atoms with van der Waals surface area (Å²) >= 11 is 0. The Morgan fingerprint density at radius 3 is 2.64 bits per heavy atom. The number of hydrogen-bond acceptors (Lipinski definition) is 0. The van der Waals surface area contributed by atoms with Crippen LogP contribution in [0.5, 0.6) is 0 Å². The van der Waals surface area contributed by atoms with E-state index in [4.69, 9.17) is 0 Å². The molecule has 1 nitrogen and oxygen atoms in total. The highest BCUT2D eigenvalue weighted by atomic mass is 14.7. The fourth-order valence-corrected chi connectivity index (χ4v) is 1.60. The van der Waals surface area contributed by atoms with Gasteiger partial charge in [0.2, 0.25) is 0 Å². The Kier molecular flexibility index (Phi) is 1.10. The minimum absolute atomic E-state index is 1.04. The Labute approximate surface area is 65.8 Å². The van der Waals surface area contributed by atoms with Gasteiger partial charge in [-0.3, -0.25) is 0 Å². The average molecular weight is 145 g/mol. The maximum Gasteiger partial charge on any atom is 0.0464 e. The third-order valence-electron chi connectivity index (χ3n) is 2.28. The Morgan fingerprint density at radius 1 is 1.27 bits per heavy atom. The molecule has 56 valence electrons.